The molecule has 1 N–H and O–H groups in total. The molecule has 0 radical (unpaired) electrons. The minimum atomic E-state index is -1.15. The fraction of sp³-hybridized carbons (Fsp3) is 0.238. The van der Waals surface area contributed by atoms with Crippen molar-refractivity contribution < 1.29 is 27.9 Å². The number of fused-ring (bicyclic) bond motifs is 1. The average molecular weight is 385 g/mol. The normalized spacial score (nSPS) is 12.0. The third-order valence-corrected chi connectivity index (χ3v) is 4.12. The second kappa shape index (κ2) is 8.67. The summed E-state index contributed by atoms with van der Waals surface area (Å²) in [6.45, 7) is 3.89. The van der Waals surface area contributed by atoms with Crippen LogP contribution in [0.1, 0.15) is 30.0 Å². The predicted molar refractivity (Wildman–Crippen MR) is 101 cm³/mol. The van der Waals surface area contributed by atoms with Gasteiger partial charge in [-0.1, -0.05) is 30.3 Å². The van der Waals surface area contributed by atoms with Crippen molar-refractivity contribution in [1.82, 2.24) is 0 Å². The van der Waals surface area contributed by atoms with Gasteiger partial charge in [-0.2, -0.15) is 0 Å². The Balaban J connectivity index is 1.76. The van der Waals surface area contributed by atoms with Gasteiger partial charge in [0, 0.05) is 17.6 Å². The van der Waals surface area contributed by atoms with Crippen LogP contribution in [0.25, 0.3) is 11.0 Å². The number of esters is 1. The lowest BCUT2D eigenvalue weighted by atomic mass is 10.1. The van der Waals surface area contributed by atoms with E-state index in [4.69, 9.17) is 13.9 Å². The van der Waals surface area contributed by atoms with Crippen molar-refractivity contribution in [3.8, 4) is 0 Å². The summed E-state index contributed by atoms with van der Waals surface area (Å²) in [4.78, 5) is 24.9. The summed E-state index contributed by atoms with van der Waals surface area (Å²) in [5.74, 6) is -2.03. The summed E-state index contributed by atoms with van der Waals surface area (Å²) < 4.78 is 30.0. The van der Waals surface area contributed by atoms with Gasteiger partial charge in [0.25, 0.3) is 5.91 Å². The molecule has 2 aromatic carbocycles. The molecule has 3 rings (SSSR count). The van der Waals surface area contributed by atoms with Gasteiger partial charge in [0.1, 0.15) is 11.4 Å². The number of halogens is 1. The summed E-state index contributed by atoms with van der Waals surface area (Å²) in [5.41, 5.74) is 1.09. The number of nitrogens with one attached hydrogen (secondary N) is 1. The monoisotopic (exact) mass is 385 g/mol. The first-order valence-electron chi connectivity index (χ1n) is 8.85. The lowest BCUT2D eigenvalue weighted by Gasteiger charge is -2.13. The smallest absolute Gasteiger partial charge is 0.375 e. The van der Waals surface area contributed by atoms with Crippen molar-refractivity contribution in [2.24, 2.45) is 0 Å². The maximum absolute atomic E-state index is 13.7. The SMILES string of the molecule is CCOCc1c(C(=O)O[C@H](C)C(=O)Nc2ccccc2F)oc2ccccc12. The Morgan fingerprint density at radius 2 is 1.86 bits per heavy atom. The molecule has 0 aliphatic heterocycles. The van der Waals surface area contributed by atoms with E-state index in [0.717, 1.165) is 5.39 Å². The minimum Gasteiger partial charge on any atom is -0.449 e. The van der Waals surface area contributed by atoms with Gasteiger partial charge in [-0.05, 0) is 32.0 Å². The zero-order chi connectivity index (χ0) is 20.1. The summed E-state index contributed by atoms with van der Waals surface area (Å²) >= 11 is 0. The van der Waals surface area contributed by atoms with Gasteiger partial charge in [0.2, 0.25) is 5.76 Å². The Morgan fingerprint density at radius 1 is 1.14 bits per heavy atom. The number of para-hydroxylation sites is 2. The molecule has 1 aromatic heterocycles. The molecule has 0 aliphatic carbocycles. The Morgan fingerprint density at radius 3 is 2.61 bits per heavy atom. The summed E-state index contributed by atoms with van der Waals surface area (Å²) in [5, 5.41) is 3.14. The summed E-state index contributed by atoms with van der Waals surface area (Å²) in [7, 11) is 0. The van der Waals surface area contributed by atoms with Crippen LogP contribution in [-0.4, -0.2) is 24.6 Å². The maximum Gasteiger partial charge on any atom is 0.375 e. The topological polar surface area (TPSA) is 77.8 Å². The highest BCUT2D eigenvalue weighted by molar-refractivity contribution is 5.99. The molecule has 0 saturated carbocycles. The van der Waals surface area contributed by atoms with Gasteiger partial charge >= 0.3 is 5.97 Å². The van der Waals surface area contributed by atoms with Crippen LogP contribution in [0.2, 0.25) is 0 Å². The molecular formula is C21H20FNO5. The number of hydrogen-bond acceptors (Lipinski definition) is 5. The van der Waals surface area contributed by atoms with Crippen LogP contribution in [0.15, 0.2) is 52.9 Å². The number of amides is 1. The van der Waals surface area contributed by atoms with E-state index in [1.165, 1.54) is 25.1 Å². The molecule has 1 heterocycles. The van der Waals surface area contributed by atoms with E-state index < -0.39 is 23.8 Å². The van der Waals surface area contributed by atoms with Gasteiger partial charge in [-0.15, -0.1) is 0 Å². The molecule has 0 unspecified atom stereocenters. The van der Waals surface area contributed by atoms with E-state index in [0.29, 0.717) is 17.8 Å². The van der Waals surface area contributed by atoms with Crippen LogP contribution < -0.4 is 5.32 Å². The lowest BCUT2D eigenvalue weighted by molar-refractivity contribution is -0.123. The van der Waals surface area contributed by atoms with Crippen LogP contribution in [0, 0.1) is 5.82 Å². The van der Waals surface area contributed by atoms with Crippen molar-refractivity contribution in [2.75, 3.05) is 11.9 Å². The number of hydrogen-bond donors (Lipinski definition) is 1. The van der Waals surface area contributed by atoms with Gasteiger partial charge in [-0.25, -0.2) is 9.18 Å². The Hall–Kier alpha value is -3.19. The maximum atomic E-state index is 13.7. The minimum absolute atomic E-state index is 0.0103. The number of carbonyl (C=O) groups is 2. The molecule has 1 amide bonds. The van der Waals surface area contributed by atoms with Gasteiger partial charge in [0.05, 0.1) is 12.3 Å². The number of benzene rings is 2. The fourth-order valence-corrected chi connectivity index (χ4v) is 2.68. The van der Waals surface area contributed by atoms with Crippen LogP contribution in [-0.2, 0) is 20.9 Å². The summed E-state index contributed by atoms with van der Waals surface area (Å²) in [6, 6.07) is 12.9. The second-order valence-corrected chi connectivity index (χ2v) is 6.06. The van der Waals surface area contributed by atoms with Gasteiger partial charge < -0.3 is 19.2 Å². The van der Waals surface area contributed by atoms with Crippen LogP contribution in [0.5, 0.6) is 0 Å². The van der Waals surface area contributed by atoms with E-state index in [1.807, 2.05) is 19.1 Å². The third-order valence-electron chi connectivity index (χ3n) is 4.12. The van der Waals surface area contributed by atoms with Crippen molar-refractivity contribution in [1.29, 1.82) is 0 Å². The number of rotatable bonds is 7. The molecule has 28 heavy (non-hydrogen) atoms. The van der Waals surface area contributed by atoms with Gasteiger partial charge in [0.15, 0.2) is 6.10 Å². The molecule has 6 nitrogen and oxygen atoms in total. The first-order valence-corrected chi connectivity index (χ1v) is 8.85. The van der Waals surface area contributed by atoms with Crippen molar-refractivity contribution in [2.45, 2.75) is 26.6 Å². The highest BCUT2D eigenvalue weighted by atomic mass is 19.1. The lowest BCUT2D eigenvalue weighted by Crippen LogP contribution is -2.30. The fourth-order valence-electron chi connectivity index (χ4n) is 2.68. The number of anilines is 1. The molecule has 146 valence electrons. The van der Waals surface area contributed by atoms with Crippen molar-refractivity contribution in [3.63, 3.8) is 0 Å². The third kappa shape index (κ3) is 4.20. The molecule has 0 bridgehead atoms. The molecular weight excluding hydrogens is 365 g/mol. The van der Waals surface area contributed by atoms with Gasteiger partial charge in [-0.3, -0.25) is 4.79 Å². The Labute approximate surface area is 161 Å². The quantitative estimate of drug-likeness (QED) is 0.614. The summed E-state index contributed by atoms with van der Waals surface area (Å²) in [6.07, 6.45) is -1.15. The molecule has 3 aromatic rings. The number of furan rings is 1. The molecule has 0 fully saturated rings. The van der Waals surface area contributed by atoms with Crippen LogP contribution in [0.4, 0.5) is 10.1 Å². The zero-order valence-electron chi connectivity index (χ0n) is 15.5. The van der Waals surface area contributed by atoms with Crippen molar-refractivity contribution in [3.05, 3.63) is 65.7 Å². The molecule has 0 spiro atoms. The first-order chi connectivity index (χ1) is 13.5. The number of carbonyl (C=O) groups excluding carboxylic acids is 2. The average Bonchev–Trinajstić information content (AvgIpc) is 3.06. The van der Waals surface area contributed by atoms with E-state index in [9.17, 15) is 14.0 Å². The van der Waals surface area contributed by atoms with E-state index in [-0.39, 0.29) is 18.1 Å². The predicted octanol–water partition coefficient (Wildman–Crippen LogP) is 4.29. The van der Waals surface area contributed by atoms with E-state index >= 15 is 0 Å². The van der Waals surface area contributed by atoms with E-state index in [1.54, 1.807) is 18.2 Å². The standard InChI is InChI=1S/C21H20FNO5/c1-3-26-12-15-14-8-4-7-11-18(14)28-19(15)21(25)27-13(2)20(24)23-17-10-6-5-9-16(17)22/h4-11,13H,3,12H2,1-2H3,(H,23,24)/t13-/m1/s1. The molecule has 0 saturated heterocycles. The van der Waals surface area contributed by atoms with Crippen molar-refractivity contribution >= 4 is 28.5 Å². The Kier molecular flexibility index (Phi) is 6.06. The molecule has 0 aliphatic rings. The first kappa shape index (κ1) is 19.6. The molecule has 7 heteroatoms. The van der Waals surface area contributed by atoms with Crippen LogP contribution in [0.3, 0.4) is 0 Å². The second-order valence-electron chi connectivity index (χ2n) is 6.06. The highest BCUT2D eigenvalue weighted by Crippen LogP contribution is 2.27. The Bertz CT molecular complexity index is 997. The van der Waals surface area contributed by atoms with Crippen LogP contribution >= 0.6 is 0 Å². The van der Waals surface area contributed by atoms with E-state index in [2.05, 4.69) is 5.32 Å². The largest absolute Gasteiger partial charge is 0.449 e. The zero-order valence-corrected chi connectivity index (χ0v) is 15.5. The highest BCUT2D eigenvalue weighted by Gasteiger charge is 2.26. The molecule has 1 atom stereocenters. The number of ether oxygens (including phenoxy) is 2.